The van der Waals surface area contributed by atoms with Gasteiger partial charge in [0, 0.05) is 17.6 Å². The minimum Gasteiger partial charge on any atom is -0.338 e. The number of halogens is 1. The first-order valence-corrected chi connectivity index (χ1v) is 7.32. The lowest BCUT2D eigenvalue weighted by molar-refractivity contribution is -0.119. The standard InChI is InChI=1S/C15H22ClN3O2/c1-10(2)8-18-15(21)19-14(20)9-17-11(3)12-4-6-13(16)7-5-12/h4-7,10-11,17H,8-9H2,1-3H3,(H2,18,19,20,21)/t11-/m0/s1. The molecule has 0 heterocycles. The summed E-state index contributed by atoms with van der Waals surface area (Å²) in [5, 5.41) is 8.63. The zero-order valence-corrected chi connectivity index (χ0v) is 13.3. The van der Waals surface area contributed by atoms with Crippen molar-refractivity contribution in [3.8, 4) is 0 Å². The molecule has 1 aromatic rings. The predicted molar refractivity (Wildman–Crippen MR) is 84.2 cm³/mol. The van der Waals surface area contributed by atoms with Crippen LogP contribution in [0.25, 0.3) is 0 Å². The molecule has 0 aliphatic carbocycles. The number of benzene rings is 1. The Morgan fingerprint density at radius 1 is 1.14 bits per heavy atom. The molecule has 0 saturated carbocycles. The van der Waals surface area contributed by atoms with E-state index in [1.807, 2.05) is 32.9 Å². The van der Waals surface area contributed by atoms with Crippen LogP contribution < -0.4 is 16.0 Å². The number of carbonyl (C=O) groups is 2. The Hall–Kier alpha value is -1.59. The van der Waals surface area contributed by atoms with Gasteiger partial charge < -0.3 is 10.6 Å². The van der Waals surface area contributed by atoms with Crippen molar-refractivity contribution >= 4 is 23.5 Å². The number of imide groups is 1. The van der Waals surface area contributed by atoms with Crippen molar-refractivity contribution in [1.29, 1.82) is 0 Å². The zero-order valence-electron chi connectivity index (χ0n) is 12.6. The van der Waals surface area contributed by atoms with Crippen molar-refractivity contribution in [2.75, 3.05) is 13.1 Å². The summed E-state index contributed by atoms with van der Waals surface area (Å²) >= 11 is 5.82. The van der Waals surface area contributed by atoms with Crippen LogP contribution in [-0.2, 0) is 4.79 Å². The van der Waals surface area contributed by atoms with E-state index in [-0.39, 0.29) is 18.5 Å². The number of urea groups is 1. The Morgan fingerprint density at radius 3 is 2.33 bits per heavy atom. The highest BCUT2D eigenvalue weighted by molar-refractivity contribution is 6.30. The summed E-state index contributed by atoms with van der Waals surface area (Å²) in [7, 11) is 0. The van der Waals surface area contributed by atoms with Gasteiger partial charge in [0.15, 0.2) is 0 Å². The highest BCUT2D eigenvalue weighted by Crippen LogP contribution is 2.15. The number of rotatable bonds is 6. The fourth-order valence-electron chi connectivity index (χ4n) is 1.63. The van der Waals surface area contributed by atoms with Gasteiger partial charge in [0.2, 0.25) is 5.91 Å². The fraction of sp³-hybridized carbons (Fsp3) is 0.467. The second-order valence-corrected chi connectivity index (χ2v) is 5.74. The smallest absolute Gasteiger partial charge is 0.321 e. The van der Waals surface area contributed by atoms with Gasteiger partial charge in [-0.1, -0.05) is 37.6 Å². The van der Waals surface area contributed by atoms with E-state index in [1.54, 1.807) is 12.1 Å². The molecular formula is C15H22ClN3O2. The zero-order chi connectivity index (χ0) is 15.8. The summed E-state index contributed by atoms with van der Waals surface area (Å²) in [4.78, 5) is 23.1. The number of amides is 3. The Morgan fingerprint density at radius 2 is 1.76 bits per heavy atom. The van der Waals surface area contributed by atoms with Crippen LogP contribution in [0.4, 0.5) is 4.79 Å². The van der Waals surface area contributed by atoms with Crippen LogP contribution in [0.3, 0.4) is 0 Å². The largest absolute Gasteiger partial charge is 0.338 e. The molecule has 0 aromatic heterocycles. The van der Waals surface area contributed by atoms with Crippen LogP contribution in [0.15, 0.2) is 24.3 Å². The Kier molecular flexibility index (Phi) is 7.19. The number of carbonyl (C=O) groups excluding carboxylic acids is 2. The van der Waals surface area contributed by atoms with E-state index in [4.69, 9.17) is 11.6 Å². The van der Waals surface area contributed by atoms with Gasteiger partial charge in [-0.2, -0.15) is 0 Å². The second kappa shape index (κ2) is 8.64. The highest BCUT2D eigenvalue weighted by atomic mass is 35.5. The van der Waals surface area contributed by atoms with Gasteiger partial charge in [-0.05, 0) is 30.5 Å². The normalized spacial score (nSPS) is 12.0. The quantitative estimate of drug-likeness (QED) is 0.756. The van der Waals surface area contributed by atoms with E-state index in [0.29, 0.717) is 17.5 Å². The van der Waals surface area contributed by atoms with Crippen molar-refractivity contribution in [3.63, 3.8) is 0 Å². The molecule has 0 aliphatic heterocycles. The monoisotopic (exact) mass is 311 g/mol. The van der Waals surface area contributed by atoms with Crippen molar-refractivity contribution < 1.29 is 9.59 Å². The summed E-state index contributed by atoms with van der Waals surface area (Å²) in [6.07, 6.45) is 0. The molecule has 0 fully saturated rings. The van der Waals surface area contributed by atoms with Crippen molar-refractivity contribution in [2.24, 2.45) is 5.92 Å². The van der Waals surface area contributed by atoms with E-state index in [9.17, 15) is 9.59 Å². The predicted octanol–water partition coefficient (Wildman–Crippen LogP) is 2.47. The number of nitrogens with one attached hydrogen (secondary N) is 3. The Balaban J connectivity index is 2.32. The summed E-state index contributed by atoms with van der Waals surface area (Å²) in [6, 6.07) is 6.92. The van der Waals surface area contributed by atoms with Gasteiger partial charge in [0.1, 0.15) is 0 Å². The van der Waals surface area contributed by atoms with Crippen LogP contribution >= 0.6 is 11.6 Å². The Bertz CT molecular complexity index is 474. The van der Waals surface area contributed by atoms with E-state index in [0.717, 1.165) is 5.56 Å². The highest BCUT2D eigenvalue weighted by Gasteiger charge is 2.10. The van der Waals surface area contributed by atoms with Crippen molar-refractivity contribution in [2.45, 2.75) is 26.8 Å². The van der Waals surface area contributed by atoms with Crippen LogP contribution in [0, 0.1) is 5.92 Å². The van der Waals surface area contributed by atoms with E-state index < -0.39 is 6.03 Å². The summed E-state index contributed by atoms with van der Waals surface area (Å²) < 4.78 is 0. The minimum absolute atomic E-state index is 0.00765. The van der Waals surface area contributed by atoms with Crippen molar-refractivity contribution in [3.05, 3.63) is 34.9 Å². The topological polar surface area (TPSA) is 70.2 Å². The third kappa shape index (κ3) is 7.11. The van der Waals surface area contributed by atoms with Gasteiger partial charge >= 0.3 is 6.03 Å². The summed E-state index contributed by atoms with van der Waals surface area (Å²) in [6.45, 7) is 6.51. The van der Waals surface area contributed by atoms with Gasteiger partial charge in [0.25, 0.3) is 0 Å². The molecule has 116 valence electrons. The SMILES string of the molecule is CC(C)CNC(=O)NC(=O)CN[C@@H](C)c1ccc(Cl)cc1. The van der Waals surface area contributed by atoms with Crippen LogP contribution in [0.5, 0.6) is 0 Å². The number of hydrogen-bond donors (Lipinski definition) is 3. The second-order valence-electron chi connectivity index (χ2n) is 5.31. The molecule has 0 spiro atoms. The van der Waals surface area contributed by atoms with Crippen molar-refractivity contribution in [1.82, 2.24) is 16.0 Å². The molecule has 3 amide bonds. The maximum Gasteiger partial charge on any atom is 0.321 e. The van der Waals surface area contributed by atoms with Gasteiger partial charge in [0.05, 0.1) is 6.54 Å². The van der Waals surface area contributed by atoms with E-state index in [2.05, 4.69) is 16.0 Å². The molecule has 0 radical (unpaired) electrons. The lowest BCUT2D eigenvalue weighted by atomic mass is 10.1. The first kappa shape index (κ1) is 17.5. The molecule has 5 nitrogen and oxygen atoms in total. The molecule has 6 heteroatoms. The molecule has 21 heavy (non-hydrogen) atoms. The third-order valence-corrected chi connectivity index (χ3v) is 3.11. The lowest BCUT2D eigenvalue weighted by Crippen LogP contribution is -2.44. The molecular weight excluding hydrogens is 290 g/mol. The fourth-order valence-corrected chi connectivity index (χ4v) is 1.75. The van der Waals surface area contributed by atoms with Gasteiger partial charge in [-0.15, -0.1) is 0 Å². The average molecular weight is 312 g/mol. The summed E-state index contributed by atoms with van der Waals surface area (Å²) in [5.41, 5.74) is 1.02. The maximum absolute atomic E-state index is 11.6. The molecule has 1 atom stereocenters. The molecule has 0 unspecified atom stereocenters. The minimum atomic E-state index is -0.463. The molecule has 0 saturated heterocycles. The van der Waals surface area contributed by atoms with Gasteiger partial charge in [-0.3, -0.25) is 10.1 Å². The lowest BCUT2D eigenvalue weighted by Gasteiger charge is -2.14. The molecule has 1 rings (SSSR count). The summed E-state index contributed by atoms with van der Waals surface area (Å²) in [5.74, 6) is -0.0222. The Labute approximate surface area is 130 Å². The number of hydrogen-bond acceptors (Lipinski definition) is 3. The van der Waals surface area contributed by atoms with Crippen LogP contribution in [0.1, 0.15) is 32.4 Å². The first-order chi connectivity index (χ1) is 9.88. The van der Waals surface area contributed by atoms with E-state index >= 15 is 0 Å². The molecule has 1 aromatic carbocycles. The molecule has 0 aliphatic rings. The van der Waals surface area contributed by atoms with E-state index in [1.165, 1.54) is 0 Å². The maximum atomic E-state index is 11.6. The van der Waals surface area contributed by atoms with Gasteiger partial charge in [-0.25, -0.2) is 4.79 Å². The third-order valence-electron chi connectivity index (χ3n) is 2.86. The molecule has 3 N–H and O–H groups in total. The average Bonchev–Trinajstić information content (AvgIpc) is 2.43. The first-order valence-electron chi connectivity index (χ1n) is 6.95. The van der Waals surface area contributed by atoms with Crippen LogP contribution in [0.2, 0.25) is 5.02 Å². The molecule has 0 bridgehead atoms. The van der Waals surface area contributed by atoms with Crippen LogP contribution in [-0.4, -0.2) is 25.0 Å².